The molecule has 3 rings (SSSR count). The van der Waals surface area contributed by atoms with Gasteiger partial charge in [0.1, 0.15) is 0 Å². The lowest BCUT2D eigenvalue weighted by Gasteiger charge is -2.31. The van der Waals surface area contributed by atoms with Crippen molar-refractivity contribution in [2.75, 3.05) is 38.1 Å². The van der Waals surface area contributed by atoms with Crippen molar-refractivity contribution in [3.8, 4) is 0 Å². The monoisotopic (exact) mass is 497 g/mol. The molecule has 34 heavy (non-hydrogen) atoms. The van der Waals surface area contributed by atoms with Crippen molar-refractivity contribution in [2.24, 2.45) is 5.92 Å². The highest BCUT2D eigenvalue weighted by Gasteiger charge is 2.40. The van der Waals surface area contributed by atoms with E-state index in [-0.39, 0.29) is 37.8 Å². The van der Waals surface area contributed by atoms with Gasteiger partial charge in [0.2, 0.25) is 15.9 Å². The molecule has 1 N–H and O–H groups in total. The number of rotatable bonds is 9. The first kappa shape index (κ1) is 26.0. The average molecular weight is 498 g/mol. The lowest BCUT2D eigenvalue weighted by atomic mass is 9.97. The van der Waals surface area contributed by atoms with Crippen molar-refractivity contribution < 1.29 is 26.4 Å². The summed E-state index contributed by atoms with van der Waals surface area (Å²) in [5.74, 6) is -0.486. The van der Waals surface area contributed by atoms with Gasteiger partial charge in [-0.2, -0.15) is 17.5 Å². The number of unbranched alkanes of at least 4 members (excludes halogenated alkanes) is 1. The first-order valence-electron chi connectivity index (χ1n) is 11.3. The molecule has 0 saturated carbocycles. The minimum absolute atomic E-state index is 0.00841. The fraction of sp³-hybridized carbons (Fsp3) is 0.458. The standard InChI is InChI=1S/C24H30F3N3O3S/c1-29(20-9-3-2-4-10-20)16-8-7-15-28-23(31)19-13-17-30(18-14-19)34(32,33)22-12-6-5-11-21(22)24(25,26)27/h2-6,9-12,19H,7-8,13-18H2,1H3,(H,28,31). The third kappa shape index (κ3) is 6.50. The van der Waals surface area contributed by atoms with Crippen LogP contribution in [0.4, 0.5) is 18.9 Å². The Hall–Kier alpha value is -2.59. The zero-order valence-corrected chi connectivity index (χ0v) is 19.9. The van der Waals surface area contributed by atoms with E-state index in [4.69, 9.17) is 0 Å². The number of nitrogens with zero attached hydrogens (tertiary/aromatic N) is 2. The first-order chi connectivity index (χ1) is 16.1. The van der Waals surface area contributed by atoms with Crippen LogP contribution in [0.3, 0.4) is 0 Å². The van der Waals surface area contributed by atoms with E-state index in [0.717, 1.165) is 47.6 Å². The second-order valence-corrected chi connectivity index (χ2v) is 10.3. The van der Waals surface area contributed by atoms with Crippen LogP contribution < -0.4 is 10.2 Å². The number of piperidine rings is 1. The first-order valence-corrected chi connectivity index (χ1v) is 12.7. The molecule has 1 amide bonds. The predicted octanol–water partition coefficient (Wildman–Crippen LogP) is 4.14. The van der Waals surface area contributed by atoms with E-state index in [1.165, 1.54) is 6.07 Å². The van der Waals surface area contributed by atoms with Crippen molar-refractivity contribution in [1.82, 2.24) is 9.62 Å². The molecular formula is C24H30F3N3O3S. The summed E-state index contributed by atoms with van der Waals surface area (Å²) in [6.45, 7) is 1.40. The zero-order chi connectivity index (χ0) is 24.8. The Balaban J connectivity index is 1.44. The molecule has 1 heterocycles. The van der Waals surface area contributed by atoms with Gasteiger partial charge in [-0.05, 0) is 49.9 Å². The van der Waals surface area contributed by atoms with Crippen LogP contribution in [0.1, 0.15) is 31.2 Å². The number of anilines is 1. The summed E-state index contributed by atoms with van der Waals surface area (Å²) in [6.07, 6.45) is -2.50. The summed E-state index contributed by atoms with van der Waals surface area (Å²) < 4.78 is 66.6. The summed E-state index contributed by atoms with van der Waals surface area (Å²) in [5, 5.41) is 2.91. The molecule has 1 fully saturated rings. The second kappa shape index (κ2) is 11.2. The molecular weight excluding hydrogens is 467 g/mol. The zero-order valence-electron chi connectivity index (χ0n) is 19.1. The summed E-state index contributed by atoms with van der Waals surface area (Å²) >= 11 is 0. The number of hydrogen-bond acceptors (Lipinski definition) is 4. The minimum Gasteiger partial charge on any atom is -0.375 e. The normalized spacial score (nSPS) is 15.8. The van der Waals surface area contributed by atoms with Crippen LogP contribution in [0.2, 0.25) is 0 Å². The number of carbonyl (C=O) groups is 1. The Kier molecular flexibility index (Phi) is 8.59. The number of alkyl halides is 3. The quantitative estimate of drug-likeness (QED) is 0.529. The lowest BCUT2D eigenvalue weighted by Crippen LogP contribution is -2.43. The number of hydrogen-bond donors (Lipinski definition) is 1. The Bertz CT molecular complexity index is 1050. The molecule has 1 aliphatic heterocycles. The summed E-state index contributed by atoms with van der Waals surface area (Å²) in [5.41, 5.74) is -0.0427. The van der Waals surface area contributed by atoms with E-state index < -0.39 is 26.7 Å². The van der Waals surface area contributed by atoms with Crippen molar-refractivity contribution in [3.63, 3.8) is 0 Å². The van der Waals surface area contributed by atoms with E-state index in [2.05, 4.69) is 10.2 Å². The van der Waals surface area contributed by atoms with Gasteiger partial charge in [0, 0.05) is 44.8 Å². The average Bonchev–Trinajstić information content (AvgIpc) is 2.83. The molecule has 0 bridgehead atoms. The van der Waals surface area contributed by atoms with Gasteiger partial charge in [0.15, 0.2) is 0 Å². The maximum Gasteiger partial charge on any atom is 0.417 e. The molecule has 1 saturated heterocycles. The van der Waals surface area contributed by atoms with Crippen LogP contribution in [-0.4, -0.2) is 51.9 Å². The fourth-order valence-corrected chi connectivity index (χ4v) is 5.75. The SMILES string of the molecule is CN(CCCCNC(=O)C1CCN(S(=O)(=O)c2ccccc2C(F)(F)F)CC1)c1ccccc1. The molecule has 1 aliphatic rings. The van der Waals surface area contributed by atoms with Crippen molar-refractivity contribution in [3.05, 3.63) is 60.2 Å². The molecule has 6 nitrogen and oxygen atoms in total. The second-order valence-electron chi connectivity index (χ2n) is 8.43. The van der Waals surface area contributed by atoms with Crippen LogP contribution in [0, 0.1) is 5.92 Å². The third-order valence-corrected chi connectivity index (χ3v) is 8.01. The van der Waals surface area contributed by atoms with Gasteiger partial charge in [0.25, 0.3) is 0 Å². The highest BCUT2D eigenvalue weighted by Crippen LogP contribution is 2.36. The number of amides is 1. The van der Waals surface area contributed by atoms with Gasteiger partial charge in [-0.3, -0.25) is 4.79 Å². The van der Waals surface area contributed by atoms with Crippen LogP contribution in [0.25, 0.3) is 0 Å². The summed E-state index contributed by atoms with van der Waals surface area (Å²) in [4.78, 5) is 13.9. The van der Waals surface area contributed by atoms with Gasteiger partial charge in [-0.25, -0.2) is 8.42 Å². The molecule has 0 atom stereocenters. The number of nitrogens with one attached hydrogen (secondary N) is 1. The Morgan fingerprint density at radius 1 is 1.03 bits per heavy atom. The van der Waals surface area contributed by atoms with Crippen molar-refractivity contribution in [1.29, 1.82) is 0 Å². The molecule has 0 aromatic heterocycles. The van der Waals surface area contributed by atoms with E-state index in [1.807, 2.05) is 37.4 Å². The molecule has 10 heteroatoms. The van der Waals surface area contributed by atoms with Crippen LogP contribution >= 0.6 is 0 Å². The van der Waals surface area contributed by atoms with Gasteiger partial charge in [-0.1, -0.05) is 30.3 Å². The third-order valence-electron chi connectivity index (χ3n) is 6.05. The maximum absolute atomic E-state index is 13.3. The number of para-hydroxylation sites is 1. The van der Waals surface area contributed by atoms with Gasteiger partial charge >= 0.3 is 6.18 Å². The van der Waals surface area contributed by atoms with E-state index in [1.54, 1.807) is 0 Å². The Morgan fingerprint density at radius 3 is 2.29 bits per heavy atom. The molecule has 0 unspecified atom stereocenters. The van der Waals surface area contributed by atoms with E-state index in [0.29, 0.717) is 6.54 Å². The fourth-order valence-electron chi connectivity index (χ4n) is 4.06. The minimum atomic E-state index is -4.77. The number of sulfonamides is 1. The molecule has 0 radical (unpaired) electrons. The lowest BCUT2D eigenvalue weighted by molar-refractivity contribution is -0.139. The largest absolute Gasteiger partial charge is 0.417 e. The van der Waals surface area contributed by atoms with Crippen molar-refractivity contribution in [2.45, 2.75) is 36.8 Å². The van der Waals surface area contributed by atoms with Gasteiger partial charge < -0.3 is 10.2 Å². The smallest absolute Gasteiger partial charge is 0.375 e. The van der Waals surface area contributed by atoms with Crippen LogP contribution in [0.15, 0.2) is 59.5 Å². The Morgan fingerprint density at radius 2 is 1.65 bits per heavy atom. The molecule has 186 valence electrons. The topological polar surface area (TPSA) is 69.7 Å². The predicted molar refractivity (Wildman–Crippen MR) is 125 cm³/mol. The molecule has 2 aromatic rings. The van der Waals surface area contributed by atoms with Crippen molar-refractivity contribution >= 4 is 21.6 Å². The van der Waals surface area contributed by atoms with Crippen LogP contribution in [-0.2, 0) is 21.0 Å². The molecule has 0 spiro atoms. The van der Waals surface area contributed by atoms with Gasteiger partial charge in [0.05, 0.1) is 10.5 Å². The summed E-state index contributed by atoms with van der Waals surface area (Å²) in [7, 11) is -2.29. The van der Waals surface area contributed by atoms with E-state index in [9.17, 15) is 26.4 Å². The van der Waals surface area contributed by atoms with Gasteiger partial charge in [-0.15, -0.1) is 0 Å². The number of benzene rings is 2. The number of halogens is 3. The maximum atomic E-state index is 13.3. The molecule has 0 aliphatic carbocycles. The van der Waals surface area contributed by atoms with Crippen LogP contribution in [0.5, 0.6) is 0 Å². The van der Waals surface area contributed by atoms with E-state index >= 15 is 0 Å². The molecule has 2 aromatic carbocycles. The highest BCUT2D eigenvalue weighted by atomic mass is 32.2. The highest BCUT2D eigenvalue weighted by molar-refractivity contribution is 7.89. The summed E-state index contributed by atoms with van der Waals surface area (Å²) in [6, 6.07) is 14.2. The number of carbonyl (C=O) groups excluding carboxylic acids is 1. The Labute approximate surface area is 198 Å².